The van der Waals surface area contributed by atoms with E-state index in [1.54, 1.807) is 26.0 Å². The monoisotopic (exact) mass is 450 g/mol. The Bertz CT molecular complexity index is 1030. The maximum absolute atomic E-state index is 14.1. The van der Waals surface area contributed by atoms with Gasteiger partial charge in [0.25, 0.3) is 0 Å². The zero-order chi connectivity index (χ0) is 22.6. The van der Waals surface area contributed by atoms with Crippen LogP contribution in [-0.2, 0) is 10.0 Å². The maximum Gasteiger partial charge on any atom is 0.323 e. The first kappa shape index (κ1) is 23.0. The minimum Gasteiger partial charge on any atom is -0.489 e. The summed E-state index contributed by atoms with van der Waals surface area (Å²) in [7, 11) is -3.38. The number of carbonyl (C=O) groups excluding carboxylic acids is 1. The molecule has 0 aliphatic carbocycles. The van der Waals surface area contributed by atoms with E-state index in [0.29, 0.717) is 25.1 Å². The van der Waals surface area contributed by atoms with Crippen LogP contribution in [0.2, 0.25) is 0 Å². The molecule has 1 aliphatic rings. The van der Waals surface area contributed by atoms with Gasteiger partial charge in [0.15, 0.2) is 0 Å². The molecule has 2 heterocycles. The van der Waals surface area contributed by atoms with Crippen molar-refractivity contribution >= 4 is 27.4 Å². The molecule has 0 bridgehead atoms. The molecule has 0 radical (unpaired) electrons. The first-order valence-electron chi connectivity index (χ1n) is 10.1. The van der Waals surface area contributed by atoms with Gasteiger partial charge in [0, 0.05) is 30.1 Å². The van der Waals surface area contributed by atoms with Crippen LogP contribution in [0.3, 0.4) is 0 Å². The summed E-state index contributed by atoms with van der Waals surface area (Å²) in [6.07, 6.45) is 2.44. The van der Waals surface area contributed by atoms with Crippen LogP contribution in [0.5, 0.6) is 5.75 Å². The molecular weight excluding hydrogens is 423 g/mol. The topological polar surface area (TPSA) is 101 Å². The largest absolute Gasteiger partial charge is 0.489 e. The summed E-state index contributed by atoms with van der Waals surface area (Å²) in [6.45, 7) is 5.77. The molecule has 1 aromatic heterocycles. The lowest BCUT2D eigenvalue weighted by atomic mass is 10.1. The minimum absolute atomic E-state index is 0.209. The fourth-order valence-corrected chi connectivity index (χ4v) is 4.61. The number of piperidine rings is 1. The van der Waals surface area contributed by atoms with E-state index in [2.05, 4.69) is 15.6 Å². The number of carbonyl (C=O) groups is 1. The molecule has 1 aliphatic heterocycles. The zero-order valence-corrected chi connectivity index (χ0v) is 18.6. The van der Waals surface area contributed by atoms with Gasteiger partial charge in [-0.1, -0.05) is 0 Å². The molecule has 0 spiro atoms. The highest BCUT2D eigenvalue weighted by atomic mass is 32.2. The second-order valence-electron chi connectivity index (χ2n) is 7.78. The minimum atomic E-state index is -3.38. The van der Waals surface area contributed by atoms with Gasteiger partial charge in [-0.05, 0) is 51.8 Å². The molecule has 1 fully saturated rings. The molecule has 8 nitrogen and oxygen atoms in total. The molecule has 31 heavy (non-hydrogen) atoms. The van der Waals surface area contributed by atoms with Crippen molar-refractivity contribution in [1.82, 2.24) is 9.29 Å². The number of halogens is 1. The average Bonchev–Trinajstić information content (AvgIpc) is 2.69. The van der Waals surface area contributed by atoms with Crippen molar-refractivity contribution in [3.05, 3.63) is 48.0 Å². The maximum atomic E-state index is 14.1. The number of sulfonamides is 1. The summed E-state index contributed by atoms with van der Waals surface area (Å²) >= 11 is 0. The molecule has 2 amide bonds. The third kappa shape index (κ3) is 6.14. The van der Waals surface area contributed by atoms with Crippen molar-refractivity contribution in [2.24, 2.45) is 0 Å². The highest BCUT2D eigenvalue weighted by Gasteiger charge is 2.32. The molecule has 1 atom stereocenters. The number of aryl methyl sites for hydroxylation is 1. The third-order valence-corrected chi connectivity index (χ3v) is 7.14. The standard InChI is InChI=1S/C21H27FN4O4S/c1-14(2)31(28,29)26-8-4-5-19(13-26)30-20-10-16(22)9-18(11-20)25-21(27)24-17-7-6-15(3)23-12-17/h6-7,9-12,14,19H,4-5,8,13H2,1-3H3,(H2,24,25,27)/t19-/m0/s1. The number of urea groups is 1. The lowest BCUT2D eigenvalue weighted by Gasteiger charge is -2.33. The van der Waals surface area contributed by atoms with Crippen LogP contribution in [0.25, 0.3) is 0 Å². The van der Waals surface area contributed by atoms with Gasteiger partial charge < -0.3 is 15.4 Å². The second-order valence-corrected chi connectivity index (χ2v) is 10.3. The molecular formula is C21H27FN4O4S. The van der Waals surface area contributed by atoms with Gasteiger partial charge >= 0.3 is 6.03 Å². The van der Waals surface area contributed by atoms with Crippen LogP contribution in [-0.4, -0.2) is 48.2 Å². The van der Waals surface area contributed by atoms with Crippen molar-refractivity contribution in [2.45, 2.75) is 45.0 Å². The number of anilines is 2. The highest BCUT2D eigenvalue weighted by Crippen LogP contribution is 2.25. The third-order valence-electron chi connectivity index (χ3n) is 4.90. The van der Waals surface area contributed by atoms with Gasteiger partial charge in [-0.25, -0.2) is 17.6 Å². The Morgan fingerprint density at radius 3 is 2.65 bits per heavy atom. The van der Waals surface area contributed by atoms with E-state index in [9.17, 15) is 17.6 Å². The fourth-order valence-electron chi connectivity index (χ4n) is 3.26. The van der Waals surface area contributed by atoms with Crippen molar-refractivity contribution in [1.29, 1.82) is 0 Å². The molecule has 0 saturated carbocycles. The second kappa shape index (κ2) is 9.61. The number of nitrogens with zero attached hydrogens (tertiary/aromatic N) is 2. The molecule has 0 unspecified atom stereocenters. The Kier molecular flexibility index (Phi) is 7.11. The van der Waals surface area contributed by atoms with E-state index in [1.165, 1.54) is 28.7 Å². The lowest BCUT2D eigenvalue weighted by Crippen LogP contribution is -2.46. The summed E-state index contributed by atoms with van der Waals surface area (Å²) < 4.78 is 46.3. The molecule has 168 valence electrons. The Labute approximate surface area is 181 Å². The molecule has 2 aromatic rings. The molecule has 1 saturated heterocycles. The van der Waals surface area contributed by atoms with E-state index in [0.717, 1.165) is 5.69 Å². The normalized spacial score (nSPS) is 17.4. The SMILES string of the molecule is Cc1ccc(NC(=O)Nc2cc(F)cc(O[C@H]3CCCN(S(=O)(=O)C(C)C)C3)c2)cn1. The Morgan fingerprint density at radius 1 is 1.23 bits per heavy atom. The van der Waals surface area contributed by atoms with Crippen LogP contribution in [0, 0.1) is 12.7 Å². The van der Waals surface area contributed by atoms with Crippen LogP contribution >= 0.6 is 0 Å². The predicted octanol–water partition coefficient (Wildman–Crippen LogP) is 3.75. The van der Waals surface area contributed by atoms with Crippen molar-refractivity contribution in [2.75, 3.05) is 23.7 Å². The number of ether oxygens (including phenoxy) is 1. The summed E-state index contributed by atoms with van der Waals surface area (Å²) in [5.41, 5.74) is 1.54. The summed E-state index contributed by atoms with van der Waals surface area (Å²) in [5, 5.41) is 4.67. The number of amides is 2. The van der Waals surface area contributed by atoms with Crippen LogP contribution in [0.4, 0.5) is 20.6 Å². The van der Waals surface area contributed by atoms with Crippen LogP contribution in [0.15, 0.2) is 36.5 Å². The number of nitrogens with one attached hydrogen (secondary N) is 2. The number of rotatable bonds is 6. The smallest absolute Gasteiger partial charge is 0.323 e. The number of pyridine rings is 1. The van der Waals surface area contributed by atoms with E-state index in [4.69, 9.17) is 4.74 Å². The molecule has 2 N–H and O–H groups in total. The molecule has 1 aromatic carbocycles. The Morgan fingerprint density at radius 2 is 1.97 bits per heavy atom. The lowest BCUT2D eigenvalue weighted by molar-refractivity contribution is 0.129. The van der Waals surface area contributed by atoms with Crippen molar-refractivity contribution < 1.29 is 22.3 Å². The van der Waals surface area contributed by atoms with E-state index < -0.39 is 33.2 Å². The summed E-state index contributed by atoms with van der Waals surface area (Å²) in [5.74, 6) is -0.353. The average molecular weight is 451 g/mol. The van der Waals surface area contributed by atoms with E-state index >= 15 is 0 Å². The van der Waals surface area contributed by atoms with E-state index in [-0.39, 0.29) is 18.0 Å². The summed E-state index contributed by atoms with van der Waals surface area (Å²) in [4.78, 5) is 16.3. The summed E-state index contributed by atoms with van der Waals surface area (Å²) in [6, 6.07) is 6.82. The highest BCUT2D eigenvalue weighted by molar-refractivity contribution is 7.89. The quantitative estimate of drug-likeness (QED) is 0.698. The number of hydrogen-bond donors (Lipinski definition) is 2. The number of benzene rings is 1. The van der Waals surface area contributed by atoms with Gasteiger partial charge in [0.05, 0.1) is 23.7 Å². The molecule has 3 rings (SSSR count). The number of hydrogen-bond acceptors (Lipinski definition) is 5. The van der Waals surface area contributed by atoms with Crippen LogP contribution < -0.4 is 15.4 Å². The zero-order valence-electron chi connectivity index (χ0n) is 17.8. The number of aromatic nitrogens is 1. The van der Waals surface area contributed by atoms with Gasteiger partial charge in [-0.3, -0.25) is 4.98 Å². The van der Waals surface area contributed by atoms with Gasteiger partial charge in [-0.2, -0.15) is 4.31 Å². The van der Waals surface area contributed by atoms with Gasteiger partial charge in [-0.15, -0.1) is 0 Å². The predicted molar refractivity (Wildman–Crippen MR) is 117 cm³/mol. The first-order chi connectivity index (χ1) is 14.6. The van der Waals surface area contributed by atoms with Crippen molar-refractivity contribution in [3.63, 3.8) is 0 Å². The van der Waals surface area contributed by atoms with E-state index in [1.807, 2.05) is 6.92 Å². The van der Waals surface area contributed by atoms with Crippen molar-refractivity contribution in [3.8, 4) is 5.75 Å². The fraction of sp³-hybridized carbons (Fsp3) is 0.429. The van der Waals surface area contributed by atoms with Crippen LogP contribution in [0.1, 0.15) is 32.4 Å². The molecule has 10 heteroatoms. The Balaban J connectivity index is 1.65. The van der Waals surface area contributed by atoms with Gasteiger partial charge in [0.1, 0.15) is 17.7 Å². The van der Waals surface area contributed by atoms with Gasteiger partial charge in [0.2, 0.25) is 10.0 Å². The Hall–Kier alpha value is -2.72. The first-order valence-corrected chi connectivity index (χ1v) is 11.6.